The van der Waals surface area contributed by atoms with Crippen molar-refractivity contribution < 1.29 is 19.1 Å². The maximum Gasteiger partial charge on any atom is 0.173 e. The van der Waals surface area contributed by atoms with Gasteiger partial charge in [-0.2, -0.15) is 0 Å². The summed E-state index contributed by atoms with van der Waals surface area (Å²) in [6, 6.07) is 5.65. The van der Waals surface area contributed by atoms with Crippen LogP contribution in [-0.4, -0.2) is 26.3 Å². The van der Waals surface area contributed by atoms with Crippen molar-refractivity contribution in [3.8, 4) is 11.5 Å². The maximum absolute atomic E-state index is 12.4. The Morgan fingerprint density at radius 1 is 1.22 bits per heavy atom. The number of hydrogen-bond acceptors (Lipinski definition) is 6. The molecule has 0 amide bonds. The van der Waals surface area contributed by atoms with Crippen LogP contribution in [0.5, 0.6) is 11.5 Å². The number of carbonyl (C=O) groups excluding carboxylic acids is 2. The van der Waals surface area contributed by atoms with Crippen LogP contribution in [0.2, 0.25) is 0 Å². The predicted molar refractivity (Wildman–Crippen MR) is 89.1 cm³/mol. The van der Waals surface area contributed by atoms with Crippen molar-refractivity contribution in [3.63, 3.8) is 0 Å². The molecular weight excluding hydrogens is 314 g/mol. The van der Waals surface area contributed by atoms with Crippen LogP contribution in [0, 0.1) is 0 Å². The molecule has 0 fully saturated rings. The van der Waals surface area contributed by atoms with Crippen LogP contribution in [0.25, 0.3) is 0 Å². The minimum absolute atomic E-state index is 0.00232. The lowest BCUT2D eigenvalue weighted by Gasteiger charge is -2.23. The van der Waals surface area contributed by atoms with E-state index in [0.29, 0.717) is 39.8 Å². The van der Waals surface area contributed by atoms with Crippen molar-refractivity contribution in [2.24, 2.45) is 0 Å². The van der Waals surface area contributed by atoms with Crippen LogP contribution < -0.4 is 15.2 Å². The molecule has 1 aromatic heterocycles. The van der Waals surface area contributed by atoms with E-state index in [9.17, 15) is 9.59 Å². The van der Waals surface area contributed by atoms with Gasteiger partial charge in [-0.3, -0.25) is 9.59 Å². The molecule has 1 aromatic carbocycles. The average molecular weight is 331 g/mol. The van der Waals surface area contributed by atoms with Crippen LogP contribution >= 0.6 is 11.3 Å². The van der Waals surface area contributed by atoms with Crippen LogP contribution in [0.3, 0.4) is 0 Å². The summed E-state index contributed by atoms with van der Waals surface area (Å²) in [5.41, 5.74) is 8.09. The highest BCUT2D eigenvalue weighted by Crippen LogP contribution is 2.42. The van der Waals surface area contributed by atoms with Crippen LogP contribution in [0.15, 0.2) is 18.2 Å². The summed E-state index contributed by atoms with van der Waals surface area (Å²) in [6.07, 6.45) is 1.77. The number of ether oxygens (including phenoxy) is 2. The fraction of sp³-hybridized carbons (Fsp3) is 0.294. The molecule has 2 aromatic rings. The molecule has 0 saturated carbocycles. The molecule has 6 heteroatoms. The molecule has 0 aliphatic heterocycles. The van der Waals surface area contributed by atoms with Gasteiger partial charge in [0.25, 0.3) is 0 Å². The number of carbonyl (C=O) groups is 2. The molecule has 0 radical (unpaired) electrons. The Hall–Kier alpha value is -2.34. The van der Waals surface area contributed by atoms with Gasteiger partial charge in [-0.15, -0.1) is 11.3 Å². The van der Waals surface area contributed by atoms with Gasteiger partial charge in [-0.1, -0.05) is 6.07 Å². The molecule has 3 rings (SSSR count). The number of fused-ring (bicyclic) bond motifs is 1. The third-order valence-corrected chi connectivity index (χ3v) is 5.33. The highest BCUT2D eigenvalue weighted by atomic mass is 32.1. The zero-order valence-corrected chi connectivity index (χ0v) is 13.7. The molecule has 120 valence electrons. The fourth-order valence-electron chi connectivity index (χ4n) is 3.03. The first-order chi connectivity index (χ1) is 11.1. The Morgan fingerprint density at radius 2 is 1.96 bits per heavy atom. The second kappa shape index (κ2) is 6.04. The monoisotopic (exact) mass is 331 g/mol. The van der Waals surface area contributed by atoms with E-state index in [1.165, 1.54) is 11.3 Å². The number of rotatable bonds is 4. The lowest BCUT2D eigenvalue weighted by atomic mass is 9.81. The van der Waals surface area contributed by atoms with E-state index in [1.54, 1.807) is 14.2 Å². The number of anilines is 1. The molecule has 23 heavy (non-hydrogen) atoms. The third-order valence-electron chi connectivity index (χ3n) is 4.21. The molecule has 1 atom stereocenters. The Morgan fingerprint density at radius 3 is 2.61 bits per heavy atom. The maximum atomic E-state index is 12.4. The molecule has 0 bridgehead atoms. The summed E-state index contributed by atoms with van der Waals surface area (Å²) in [7, 11) is 3.16. The first kappa shape index (κ1) is 15.6. The summed E-state index contributed by atoms with van der Waals surface area (Å²) in [6.45, 7) is 0. The summed E-state index contributed by atoms with van der Waals surface area (Å²) < 4.78 is 10.6. The highest BCUT2D eigenvalue weighted by molar-refractivity contribution is 7.18. The number of hydrogen-bond donors (Lipinski definition) is 1. The van der Waals surface area contributed by atoms with E-state index in [1.807, 2.05) is 18.2 Å². The second-order valence-electron chi connectivity index (χ2n) is 5.45. The number of Topliss-reactive ketones (excluding diaryl/α,β-unsaturated/α-hetero) is 1. The Balaban J connectivity index is 2.00. The van der Waals surface area contributed by atoms with Gasteiger partial charge in [0.2, 0.25) is 0 Å². The minimum atomic E-state index is 0.00232. The first-order valence-corrected chi connectivity index (χ1v) is 8.02. The minimum Gasteiger partial charge on any atom is -0.493 e. The number of aldehydes is 1. The second-order valence-corrected chi connectivity index (χ2v) is 6.50. The Labute approximate surface area is 138 Å². The van der Waals surface area contributed by atoms with Gasteiger partial charge in [-0.05, 0) is 35.6 Å². The summed E-state index contributed by atoms with van der Waals surface area (Å²) in [5.74, 6) is 1.31. The molecular formula is C17H17NO4S. The van der Waals surface area contributed by atoms with Gasteiger partial charge in [0, 0.05) is 6.42 Å². The van der Waals surface area contributed by atoms with Crippen LogP contribution in [-0.2, 0) is 6.42 Å². The number of methoxy groups -OCH3 is 2. The van der Waals surface area contributed by atoms with E-state index in [2.05, 4.69) is 0 Å². The third kappa shape index (κ3) is 2.59. The topological polar surface area (TPSA) is 78.6 Å². The molecule has 2 N–H and O–H groups in total. The first-order valence-electron chi connectivity index (χ1n) is 7.20. The molecule has 0 saturated heterocycles. The van der Waals surface area contributed by atoms with Crippen molar-refractivity contribution in [1.82, 2.24) is 0 Å². The number of benzene rings is 1. The average Bonchev–Trinajstić information content (AvgIpc) is 2.90. The SMILES string of the molecule is COc1ccc(C2CC(=O)c3sc(N)c(C=O)c3C2)cc1OC. The fourth-order valence-corrected chi connectivity index (χ4v) is 4.05. The van der Waals surface area contributed by atoms with Crippen molar-refractivity contribution in [1.29, 1.82) is 0 Å². The zero-order chi connectivity index (χ0) is 16.6. The molecule has 1 unspecified atom stereocenters. The van der Waals surface area contributed by atoms with Gasteiger partial charge < -0.3 is 15.2 Å². The van der Waals surface area contributed by atoms with Crippen LogP contribution in [0.1, 0.15) is 43.5 Å². The number of ketones is 1. The summed E-state index contributed by atoms with van der Waals surface area (Å²) in [4.78, 5) is 24.3. The normalized spacial score (nSPS) is 16.8. The predicted octanol–water partition coefficient (Wildman–Crippen LogP) is 3.07. The largest absolute Gasteiger partial charge is 0.493 e. The summed E-state index contributed by atoms with van der Waals surface area (Å²) >= 11 is 1.21. The van der Waals surface area contributed by atoms with Crippen molar-refractivity contribution in [3.05, 3.63) is 39.8 Å². The lowest BCUT2D eigenvalue weighted by Crippen LogP contribution is -2.18. The van der Waals surface area contributed by atoms with Gasteiger partial charge in [-0.25, -0.2) is 0 Å². The van der Waals surface area contributed by atoms with Crippen LogP contribution in [0.4, 0.5) is 5.00 Å². The molecule has 1 aliphatic carbocycles. The van der Waals surface area contributed by atoms with E-state index >= 15 is 0 Å². The quantitative estimate of drug-likeness (QED) is 0.871. The number of nitrogen functional groups attached to an aromatic ring is 1. The van der Waals surface area contributed by atoms with Gasteiger partial charge in [0.05, 0.1) is 29.7 Å². The molecule has 5 nitrogen and oxygen atoms in total. The Bertz CT molecular complexity index is 781. The number of nitrogens with two attached hydrogens (primary N) is 1. The molecule has 0 spiro atoms. The highest BCUT2D eigenvalue weighted by Gasteiger charge is 2.31. The van der Waals surface area contributed by atoms with E-state index < -0.39 is 0 Å². The standard InChI is InChI=1S/C17H17NO4S/c1-21-14-4-3-9(7-15(14)22-2)10-5-11-12(8-19)17(18)23-16(11)13(20)6-10/h3-4,7-8,10H,5-6,18H2,1-2H3. The Kier molecular flexibility index (Phi) is 4.09. The summed E-state index contributed by atoms with van der Waals surface area (Å²) in [5, 5.41) is 0.423. The molecule has 1 aliphatic rings. The van der Waals surface area contributed by atoms with E-state index in [-0.39, 0.29) is 11.7 Å². The van der Waals surface area contributed by atoms with Gasteiger partial charge in [0.15, 0.2) is 23.6 Å². The lowest BCUT2D eigenvalue weighted by molar-refractivity contribution is 0.0968. The van der Waals surface area contributed by atoms with Crippen molar-refractivity contribution >= 4 is 28.4 Å². The van der Waals surface area contributed by atoms with Gasteiger partial charge in [0.1, 0.15) is 0 Å². The van der Waals surface area contributed by atoms with E-state index in [0.717, 1.165) is 17.4 Å². The van der Waals surface area contributed by atoms with Crippen molar-refractivity contribution in [2.75, 3.05) is 20.0 Å². The van der Waals surface area contributed by atoms with Crippen molar-refractivity contribution in [2.45, 2.75) is 18.8 Å². The van der Waals surface area contributed by atoms with E-state index in [4.69, 9.17) is 15.2 Å². The molecule has 1 heterocycles. The number of thiophene rings is 1. The zero-order valence-electron chi connectivity index (χ0n) is 12.9. The van der Waals surface area contributed by atoms with Gasteiger partial charge >= 0.3 is 0 Å². The smallest absolute Gasteiger partial charge is 0.173 e.